The summed E-state index contributed by atoms with van der Waals surface area (Å²) in [6.07, 6.45) is 6.04. The van der Waals surface area contributed by atoms with Crippen LogP contribution in [0.4, 0.5) is 4.39 Å². The minimum Gasteiger partial charge on any atom is -0.344 e. The fourth-order valence-corrected chi connectivity index (χ4v) is 3.09. The number of carbonyl (C=O) groups excluding carboxylic acids is 1. The van der Waals surface area contributed by atoms with Gasteiger partial charge in [-0.1, -0.05) is 13.0 Å². The van der Waals surface area contributed by atoms with Gasteiger partial charge in [0.25, 0.3) is 5.91 Å². The van der Waals surface area contributed by atoms with E-state index in [-0.39, 0.29) is 17.8 Å². The van der Waals surface area contributed by atoms with E-state index in [1.54, 1.807) is 41.1 Å². The van der Waals surface area contributed by atoms with E-state index in [9.17, 15) is 9.18 Å². The van der Waals surface area contributed by atoms with E-state index < -0.39 is 0 Å². The van der Waals surface area contributed by atoms with Crippen molar-refractivity contribution in [3.8, 4) is 11.3 Å². The van der Waals surface area contributed by atoms with Crippen molar-refractivity contribution in [2.24, 2.45) is 0 Å². The van der Waals surface area contributed by atoms with Crippen LogP contribution < -0.4 is 5.32 Å². The number of pyridine rings is 2. The Kier molecular flexibility index (Phi) is 4.85. The summed E-state index contributed by atoms with van der Waals surface area (Å²) in [6.45, 7) is 2.01. The second kappa shape index (κ2) is 7.60. The highest BCUT2D eigenvalue weighted by Gasteiger charge is 2.16. The smallest absolute Gasteiger partial charge is 0.253 e. The zero-order chi connectivity index (χ0) is 19.5. The topological polar surface area (TPSA) is 59.3 Å². The lowest BCUT2D eigenvalue weighted by atomic mass is 10.1. The Morgan fingerprint density at radius 2 is 1.93 bits per heavy atom. The summed E-state index contributed by atoms with van der Waals surface area (Å²) in [6, 6.07) is 15.2. The lowest BCUT2D eigenvalue weighted by Crippen LogP contribution is -2.28. The van der Waals surface area contributed by atoms with Gasteiger partial charge >= 0.3 is 0 Å². The van der Waals surface area contributed by atoms with Crippen LogP contribution in [0.25, 0.3) is 16.9 Å². The number of benzene rings is 1. The number of imidazole rings is 1. The Labute approximate surface area is 161 Å². The van der Waals surface area contributed by atoms with Crippen LogP contribution in [0.5, 0.6) is 0 Å². The molecule has 0 aliphatic heterocycles. The normalized spacial score (nSPS) is 12.1. The van der Waals surface area contributed by atoms with Crippen LogP contribution in [-0.4, -0.2) is 20.3 Å². The van der Waals surface area contributed by atoms with Gasteiger partial charge in [0.1, 0.15) is 11.5 Å². The number of rotatable bonds is 5. The van der Waals surface area contributed by atoms with Crippen LogP contribution >= 0.6 is 0 Å². The number of nitrogens with zero attached hydrogens (tertiary/aromatic N) is 3. The first kappa shape index (κ1) is 17.9. The Bertz CT molecular complexity index is 1110. The number of amides is 1. The zero-order valence-corrected chi connectivity index (χ0v) is 15.3. The maximum atomic E-state index is 13.1. The largest absolute Gasteiger partial charge is 0.344 e. The first-order valence-electron chi connectivity index (χ1n) is 9.10. The van der Waals surface area contributed by atoms with Crippen molar-refractivity contribution in [1.82, 2.24) is 19.7 Å². The van der Waals surface area contributed by atoms with Crippen molar-refractivity contribution < 1.29 is 9.18 Å². The van der Waals surface area contributed by atoms with Crippen molar-refractivity contribution in [2.45, 2.75) is 19.4 Å². The van der Waals surface area contributed by atoms with Gasteiger partial charge in [0.05, 0.1) is 23.0 Å². The molecular formula is C22H19FN4O. The number of aromatic nitrogens is 3. The van der Waals surface area contributed by atoms with Crippen LogP contribution in [0.2, 0.25) is 0 Å². The van der Waals surface area contributed by atoms with Crippen molar-refractivity contribution >= 4 is 11.6 Å². The molecule has 0 unspecified atom stereocenters. The van der Waals surface area contributed by atoms with Crippen molar-refractivity contribution in [2.75, 3.05) is 0 Å². The average Bonchev–Trinajstić information content (AvgIpc) is 3.16. The maximum Gasteiger partial charge on any atom is 0.253 e. The van der Waals surface area contributed by atoms with Gasteiger partial charge in [-0.25, -0.2) is 9.37 Å². The van der Waals surface area contributed by atoms with Crippen LogP contribution in [0.15, 0.2) is 73.2 Å². The van der Waals surface area contributed by atoms with E-state index in [0.717, 1.165) is 23.4 Å². The van der Waals surface area contributed by atoms with Crippen molar-refractivity contribution in [3.63, 3.8) is 0 Å². The third-order valence-electron chi connectivity index (χ3n) is 4.61. The van der Waals surface area contributed by atoms with Gasteiger partial charge in [-0.05, 0) is 55.0 Å². The molecule has 0 aliphatic rings. The molecular weight excluding hydrogens is 355 g/mol. The monoisotopic (exact) mass is 374 g/mol. The summed E-state index contributed by atoms with van der Waals surface area (Å²) >= 11 is 0. The lowest BCUT2D eigenvalue weighted by molar-refractivity contribution is 0.0934. The molecule has 140 valence electrons. The summed E-state index contributed by atoms with van der Waals surface area (Å²) in [4.78, 5) is 21.6. The van der Waals surface area contributed by atoms with Gasteiger partial charge in [0, 0.05) is 24.2 Å². The maximum absolute atomic E-state index is 13.1. The lowest BCUT2D eigenvalue weighted by Gasteiger charge is -2.16. The molecule has 1 amide bonds. The molecule has 6 heteroatoms. The molecule has 0 fully saturated rings. The molecule has 3 aromatic heterocycles. The van der Waals surface area contributed by atoms with Gasteiger partial charge in [0.15, 0.2) is 0 Å². The van der Waals surface area contributed by atoms with Gasteiger partial charge in [-0.2, -0.15) is 0 Å². The first-order valence-corrected chi connectivity index (χ1v) is 9.10. The number of hydrogen-bond acceptors (Lipinski definition) is 3. The molecule has 0 saturated heterocycles. The Hall–Kier alpha value is -3.54. The molecule has 0 radical (unpaired) electrons. The molecule has 1 N–H and O–H groups in total. The van der Waals surface area contributed by atoms with E-state index in [1.807, 2.05) is 31.3 Å². The third kappa shape index (κ3) is 3.62. The molecule has 28 heavy (non-hydrogen) atoms. The fraction of sp³-hybridized carbons (Fsp3) is 0.136. The molecule has 1 atom stereocenters. The highest BCUT2D eigenvalue weighted by atomic mass is 19.1. The van der Waals surface area contributed by atoms with E-state index in [2.05, 4.69) is 15.3 Å². The minimum atomic E-state index is -0.287. The first-order chi connectivity index (χ1) is 13.6. The number of hydrogen-bond donors (Lipinski definition) is 1. The molecule has 0 bridgehead atoms. The number of halogens is 1. The van der Waals surface area contributed by atoms with Crippen LogP contribution in [0, 0.1) is 5.82 Å². The standard InChI is InChI=1S/C22H19FN4O/c1-2-18(19-5-3-4-12-24-19)26-22(28)16-8-11-21-25-20(14-27(21)13-16)15-6-9-17(23)10-7-15/h3-14,18H,2H2,1H3,(H,26,28)/t18-/m0/s1. The molecule has 4 rings (SSSR count). The van der Waals surface area contributed by atoms with Crippen molar-refractivity contribution in [3.05, 3.63) is 90.3 Å². The molecule has 1 aromatic carbocycles. The van der Waals surface area contributed by atoms with Gasteiger partial charge < -0.3 is 9.72 Å². The quantitative estimate of drug-likeness (QED) is 0.563. The highest BCUT2D eigenvalue weighted by Crippen LogP contribution is 2.20. The second-order valence-electron chi connectivity index (χ2n) is 6.51. The van der Waals surface area contributed by atoms with Crippen molar-refractivity contribution in [1.29, 1.82) is 0 Å². The molecule has 0 aliphatic carbocycles. The average molecular weight is 374 g/mol. The third-order valence-corrected chi connectivity index (χ3v) is 4.61. The molecule has 0 saturated carbocycles. The van der Waals surface area contributed by atoms with E-state index in [1.165, 1.54) is 12.1 Å². The molecule has 5 nitrogen and oxygen atoms in total. The Balaban J connectivity index is 1.58. The van der Waals surface area contributed by atoms with Gasteiger partial charge in [-0.15, -0.1) is 0 Å². The SMILES string of the molecule is CC[C@H](NC(=O)c1ccc2nc(-c3ccc(F)cc3)cn2c1)c1ccccn1. The number of nitrogens with one attached hydrogen (secondary N) is 1. The molecule has 4 aromatic rings. The van der Waals surface area contributed by atoms with Gasteiger partial charge in [0.2, 0.25) is 0 Å². The molecule has 3 heterocycles. The van der Waals surface area contributed by atoms with Crippen LogP contribution in [0.1, 0.15) is 35.4 Å². The van der Waals surface area contributed by atoms with E-state index in [4.69, 9.17) is 0 Å². The minimum absolute atomic E-state index is 0.151. The predicted octanol–water partition coefficient (Wildman–Crippen LogP) is 4.42. The summed E-state index contributed by atoms with van der Waals surface area (Å²) in [5.41, 5.74) is 3.62. The summed E-state index contributed by atoms with van der Waals surface area (Å²) in [5.74, 6) is -0.457. The summed E-state index contributed by atoms with van der Waals surface area (Å²) < 4.78 is 14.9. The highest BCUT2D eigenvalue weighted by molar-refractivity contribution is 5.94. The predicted molar refractivity (Wildman–Crippen MR) is 105 cm³/mol. The number of fused-ring (bicyclic) bond motifs is 1. The number of carbonyl (C=O) groups is 1. The van der Waals surface area contributed by atoms with E-state index >= 15 is 0 Å². The zero-order valence-electron chi connectivity index (χ0n) is 15.3. The fourth-order valence-electron chi connectivity index (χ4n) is 3.09. The van der Waals surface area contributed by atoms with Crippen LogP contribution in [0.3, 0.4) is 0 Å². The Morgan fingerprint density at radius 3 is 2.64 bits per heavy atom. The van der Waals surface area contributed by atoms with Crippen LogP contribution in [-0.2, 0) is 0 Å². The summed E-state index contributed by atoms with van der Waals surface area (Å²) in [7, 11) is 0. The molecule has 0 spiro atoms. The second-order valence-corrected chi connectivity index (χ2v) is 6.51. The Morgan fingerprint density at radius 1 is 1.11 bits per heavy atom. The van der Waals surface area contributed by atoms with Gasteiger partial charge in [-0.3, -0.25) is 9.78 Å². The summed E-state index contributed by atoms with van der Waals surface area (Å²) in [5, 5.41) is 3.03. The van der Waals surface area contributed by atoms with E-state index in [0.29, 0.717) is 11.2 Å².